The Labute approximate surface area is 517 Å². The van der Waals surface area contributed by atoms with Crippen LogP contribution in [-0.4, -0.2) is 89.7 Å². The molecule has 0 aromatic carbocycles. The topological polar surface area (TPSA) is 155 Å². The number of hydrogen-bond donors (Lipinski definition) is 4. The van der Waals surface area contributed by atoms with Gasteiger partial charge >= 0.3 is 6.09 Å². The number of carbonyl (C=O) groups is 5. The highest BCUT2D eigenvalue weighted by molar-refractivity contribution is 8.00. The number of rotatable bonds is 17. The summed E-state index contributed by atoms with van der Waals surface area (Å²) in [5.41, 5.74) is 2.64. The summed E-state index contributed by atoms with van der Waals surface area (Å²) in [6.45, 7) is 75.3. The third-order valence-corrected chi connectivity index (χ3v) is 15.6. The Hall–Kier alpha value is -2.80. The number of nitrogens with zero attached hydrogens (tertiary/aromatic N) is 1. The zero-order valence-corrected chi connectivity index (χ0v) is 61.6. The lowest BCUT2D eigenvalue weighted by molar-refractivity contribution is -0.155. The number of β-lactam (4-membered cyclic amide) rings is 1. The van der Waals surface area contributed by atoms with Crippen LogP contribution in [0, 0.1) is 66.0 Å². The number of ether oxygens (including phenoxy) is 2. The van der Waals surface area contributed by atoms with Crippen molar-refractivity contribution in [1.29, 1.82) is 0 Å². The second-order valence-corrected chi connectivity index (χ2v) is 38.1. The molecule has 0 radical (unpaired) electrons. The number of fused-ring (bicyclic) bond motifs is 1. The third-order valence-electron chi connectivity index (χ3n) is 14.2. The number of unbranched alkanes of at least 4 members (excludes halogenated alkanes) is 1. The number of nitrogens with one attached hydrogen (secondary N) is 4. The minimum absolute atomic E-state index is 0.00446. The molecule has 5 amide bonds. The maximum Gasteiger partial charge on any atom is 0.407 e. The third kappa shape index (κ3) is 38.9. The van der Waals surface area contributed by atoms with Gasteiger partial charge in [-0.1, -0.05) is 214 Å². The van der Waals surface area contributed by atoms with Gasteiger partial charge in [0.2, 0.25) is 17.7 Å². The lowest BCUT2D eigenvalue weighted by Gasteiger charge is -2.54. The number of carbonyl (C=O) groups excluding carboxylic acids is 5. The molecule has 0 spiro atoms. The van der Waals surface area contributed by atoms with Gasteiger partial charge in [-0.2, -0.15) is 0 Å². The van der Waals surface area contributed by atoms with E-state index < -0.39 is 0 Å². The summed E-state index contributed by atoms with van der Waals surface area (Å²) in [7, 11) is 0. The lowest BCUT2D eigenvalue weighted by Crippen LogP contribution is -2.66. The summed E-state index contributed by atoms with van der Waals surface area (Å²) in [6, 6.07) is 0.324. The van der Waals surface area contributed by atoms with Gasteiger partial charge in [0.1, 0.15) is 12.3 Å². The van der Waals surface area contributed by atoms with E-state index in [1.54, 1.807) is 16.7 Å². The molecular weight excluding hydrogens is 1050 g/mol. The van der Waals surface area contributed by atoms with E-state index in [4.69, 9.17) is 9.47 Å². The summed E-state index contributed by atoms with van der Waals surface area (Å²) in [5, 5.41) is 12.5. The summed E-state index contributed by atoms with van der Waals surface area (Å²) < 4.78 is 10.7. The van der Waals surface area contributed by atoms with Crippen molar-refractivity contribution in [3.8, 4) is 0 Å². The largest absolute Gasteiger partial charge is 0.447 e. The lowest BCUT2D eigenvalue weighted by atomic mass is 9.71. The number of hydrogen-bond acceptors (Lipinski definition) is 8. The molecule has 5 atom stereocenters. The molecule has 0 aromatic heterocycles. The highest BCUT2D eigenvalue weighted by Crippen LogP contribution is 2.50. The van der Waals surface area contributed by atoms with Crippen LogP contribution < -0.4 is 21.3 Å². The molecule has 2 aliphatic rings. The molecule has 13 heteroatoms. The van der Waals surface area contributed by atoms with Gasteiger partial charge in [0.05, 0.1) is 17.9 Å². The minimum atomic E-state index is -0.353. The number of thioether (sulfide) groups is 1. The Bertz CT molecular complexity index is 2020. The van der Waals surface area contributed by atoms with Crippen molar-refractivity contribution in [2.45, 2.75) is 310 Å². The van der Waals surface area contributed by atoms with Crippen LogP contribution in [0.15, 0.2) is 11.3 Å². The van der Waals surface area contributed by atoms with Gasteiger partial charge < -0.3 is 30.7 Å². The van der Waals surface area contributed by atoms with E-state index in [2.05, 4.69) is 229 Å². The van der Waals surface area contributed by atoms with Gasteiger partial charge in [0, 0.05) is 48.9 Å². The van der Waals surface area contributed by atoms with Crippen molar-refractivity contribution < 1.29 is 33.4 Å². The van der Waals surface area contributed by atoms with E-state index in [-0.39, 0.29) is 113 Å². The van der Waals surface area contributed by atoms with Crippen molar-refractivity contribution >= 4 is 41.5 Å². The van der Waals surface area contributed by atoms with E-state index in [1.165, 1.54) is 6.42 Å². The van der Waals surface area contributed by atoms with E-state index in [0.29, 0.717) is 37.4 Å². The average Bonchev–Trinajstić information content (AvgIpc) is 3.20. The summed E-state index contributed by atoms with van der Waals surface area (Å²) in [4.78, 5) is 63.4. The molecule has 0 saturated carbocycles. The van der Waals surface area contributed by atoms with E-state index in [9.17, 15) is 24.0 Å². The molecular formula is C70H137N5O7S. The monoisotopic (exact) mass is 1190 g/mol. The molecule has 5 unspecified atom stereocenters. The average molecular weight is 1190 g/mol. The fourth-order valence-electron chi connectivity index (χ4n) is 9.18. The second kappa shape index (κ2) is 32.4. The predicted molar refractivity (Wildman–Crippen MR) is 356 cm³/mol. The first-order valence-electron chi connectivity index (χ1n) is 31.6. The molecule has 2 rings (SSSR count). The summed E-state index contributed by atoms with van der Waals surface area (Å²) in [5.74, 6) is 1.24. The van der Waals surface area contributed by atoms with Crippen molar-refractivity contribution in [1.82, 2.24) is 26.2 Å². The van der Waals surface area contributed by atoms with Gasteiger partial charge in [0.25, 0.3) is 5.91 Å². The number of alkyl carbamates (subject to hydrolysis) is 1. The Morgan fingerprint density at radius 3 is 1.40 bits per heavy atom. The van der Waals surface area contributed by atoms with Crippen LogP contribution in [0.3, 0.4) is 0 Å². The van der Waals surface area contributed by atoms with Crippen LogP contribution in [0.1, 0.15) is 287 Å². The zero-order valence-electron chi connectivity index (χ0n) is 60.8. The molecule has 1 fully saturated rings. The van der Waals surface area contributed by atoms with E-state index in [0.717, 1.165) is 56.4 Å². The molecule has 12 nitrogen and oxygen atoms in total. The Kier molecular flexibility index (Phi) is 32.1. The number of amides is 5. The van der Waals surface area contributed by atoms with Gasteiger partial charge in [0.15, 0.2) is 0 Å². The first-order chi connectivity index (χ1) is 36.6. The van der Waals surface area contributed by atoms with Crippen LogP contribution in [0.4, 0.5) is 4.79 Å². The van der Waals surface area contributed by atoms with Crippen LogP contribution >= 0.6 is 11.8 Å². The first-order valence-corrected chi connectivity index (χ1v) is 32.7. The molecule has 0 bridgehead atoms. The molecule has 1 saturated heterocycles. The molecule has 490 valence electrons. The summed E-state index contributed by atoms with van der Waals surface area (Å²) >= 11 is 1.77. The highest BCUT2D eigenvalue weighted by atomic mass is 32.2. The summed E-state index contributed by atoms with van der Waals surface area (Å²) in [6.07, 6.45) is 7.47. The standard InChI is InChI=1S/C19H39NO3.C19H39NO.C16H26N2O2S.C16H33NO/c1-17(2,3)10-11-22-12-13-23-16(21)20-15(19(7,8)9)14-18(4,5)6;1-17(2,3)13-11-10-12-16(21)20-15(19(7,8)9)14-18(4,5)6;1-9-8-21-14-10(15(2,3)4)13(20)18(14)11(9)12(19)17-16(5,6)7;1-14(2,3)10-12(16(7,8)9)13(18)17-11-15(4,5)6/h15H,10-14H2,1-9H3,(H,20,21);15H,10-14H2,1-9H3,(H,20,21);10,14H,8H2,1-7H3,(H,17,19);12H,10-11H2,1-9H3,(H,17,18). The highest BCUT2D eigenvalue weighted by Gasteiger charge is 2.57. The van der Waals surface area contributed by atoms with E-state index >= 15 is 0 Å². The second-order valence-electron chi connectivity index (χ2n) is 37.0. The molecule has 4 N–H and O–H groups in total. The Morgan fingerprint density at radius 2 is 1.01 bits per heavy atom. The Morgan fingerprint density at radius 1 is 0.554 bits per heavy atom. The fourth-order valence-corrected chi connectivity index (χ4v) is 10.8. The van der Waals surface area contributed by atoms with Gasteiger partial charge in [-0.3, -0.25) is 24.1 Å². The van der Waals surface area contributed by atoms with Crippen molar-refractivity contribution in [3.63, 3.8) is 0 Å². The van der Waals surface area contributed by atoms with Gasteiger partial charge in [-0.15, -0.1) is 11.8 Å². The molecule has 83 heavy (non-hydrogen) atoms. The van der Waals surface area contributed by atoms with Crippen molar-refractivity contribution in [2.24, 2.45) is 66.0 Å². The van der Waals surface area contributed by atoms with Crippen LogP contribution in [0.2, 0.25) is 0 Å². The van der Waals surface area contributed by atoms with Crippen LogP contribution in [-0.2, 0) is 28.7 Å². The van der Waals surface area contributed by atoms with Crippen LogP contribution in [0.25, 0.3) is 0 Å². The first kappa shape index (κ1) is 82.3. The van der Waals surface area contributed by atoms with Crippen molar-refractivity contribution in [3.05, 3.63) is 11.3 Å². The predicted octanol–water partition coefficient (Wildman–Crippen LogP) is 17.6. The Balaban J connectivity index is 0. The quantitative estimate of drug-likeness (QED) is 0.0829. The van der Waals surface area contributed by atoms with Gasteiger partial charge in [-0.25, -0.2) is 4.79 Å². The normalized spacial score (nSPS) is 17.8. The molecule has 0 aromatic rings. The zero-order chi connectivity index (χ0) is 66.1. The van der Waals surface area contributed by atoms with Gasteiger partial charge in [-0.05, 0) is 126 Å². The fraction of sp³-hybridized carbons (Fsp3) is 0.900. The maximum atomic E-state index is 12.6. The molecule has 2 heterocycles. The minimum Gasteiger partial charge on any atom is -0.447 e. The molecule has 2 aliphatic heterocycles. The molecule has 0 aliphatic carbocycles. The van der Waals surface area contributed by atoms with Crippen LogP contribution in [0.5, 0.6) is 0 Å². The van der Waals surface area contributed by atoms with E-state index in [1.807, 2.05) is 27.7 Å². The smallest absolute Gasteiger partial charge is 0.407 e. The SMILES string of the molecule is CC(C)(C)CCCCC(=O)NC(CC(C)(C)C)C(C)(C)C.CC(C)(C)CCOCCOC(=O)NC(CC(C)(C)C)C(C)(C)C.CC(C)(C)CNC(=O)C(CC(C)(C)C)C(C)(C)C.CC1=C(C(=O)NC(C)(C)C)N2C(=O)C(C(C)(C)C)C2SC1. The maximum absolute atomic E-state index is 12.6. The van der Waals surface area contributed by atoms with Crippen molar-refractivity contribution in [2.75, 3.05) is 32.1 Å².